The van der Waals surface area contributed by atoms with Crippen molar-refractivity contribution in [2.75, 3.05) is 4.72 Å². The maximum Gasteiger partial charge on any atom is 0.265 e. The van der Waals surface area contributed by atoms with E-state index in [1.165, 1.54) is 0 Å². The molecule has 1 aromatic heterocycles. The van der Waals surface area contributed by atoms with Gasteiger partial charge in [-0.15, -0.1) is 0 Å². The van der Waals surface area contributed by atoms with Crippen molar-refractivity contribution in [1.29, 1.82) is 0 Å². The highest BCUT2D eigenvalue weighted by Crippen LogP contribution is 2.28. The summed E-state index contributed by atoms with van der Waals surface area (Å²) in [5.41, 5.74) is 3.92. The molecule has 0 radical (unpaired) electrons. The standard InChI is InChI=1S/C25H25N3O2S/c1-19(2)21-13-15-23(16-14-21)27-31(29,30)24-18-28(17-20-9-5-3-6-10-20)26-25(24)22-11-7-4-8-12-22/h3-16,18-19,27H,17H2,1-2H3. The average molecular weight is 432 g/mol. The zero-order valence-corrected chi connectivity index (χ0v) is 18.4. The Morgan fingerprint density at radius 1 is 0.871 bits per heavy atom. The van der Waals surface area contributed by atoms with Crippen LogP contribution in [-0.4, -0.2) is 18.2 Å². The highest BCUT2D eigenvalue weighted by atomic mass is 32.2. The minimum absolute atomic E-state index is 0.155. The molecule has 0 aliphatic heterocycles. The summed E-state index contributed by atoms with van der Waals surface area (Å²) in [7, 11) is -3.83. The normalized spacial score (nSPS) is 11.6. The molecule has 3 aromatic carbocycles. The summed E-state index contributed by atoms with van der Waals surface area (Å²) in [5.74, 6) is 0.381. The van der Waals surface area contributed by atoms with Crippen LogP contribution in [0.1, 0.15) is 30.9 Å². The van der Waals surface area contributed by atoms with Crippen LogP contribution in [-0.2, 0) is 16.6 Å². The van der Waals surface area contributed by atoms with Crippen molar-refractivity contribution in [1.82, 2.24) is 9.78 Å². The van der Waals surface area contributed by atoms with Crippen LogP contribution < -0.4 is 4.72 Å². The minimum Gasteiger partial charge on any atom is -0.280 e. The van der Waals surface area contributed by atoms with Gasteiger partial charge in [-0.05, 0) is 29.2 Å². The molecule has 0 bridgehead atoms. The quantitative estimate of drug-likeness (QED) is 0.419. The van der Waals surface area contributed by atoms with E-state index in [1.54, 1.807) is 23.0 Å². The Labute approximate surface area is 183 Å². The van der Waals surface area contributed by atoms with Gasteiger partial charge in [0.25, 0.3) is 10.0 Å². The van der Waals surface area contributed by atoms with Crippen LogP contribution in [0.15, 0.2) is 96.0 Å². The van der Waals surface area contributed by atoms with E-state index >= 15 is 0 Å². The topological polar surface area (TPSA) is 64.0 Å². The molecule has 158 valence electrons. The molecular formula is C25H25N3O2S. The van der Waals surface area contributed by atoms with Crippen LogP contribution in [0.2, 0.25) is 0 Å². The van der Waals surface area contributed by atoms with Gasteiger partial charge < -0.3 is 0 Å². The van der Waals surface area contributed by atoms with Crippen molar-refractivity contribution < 1.29 is 8.42 Å². The second-order valence-corrected chi connectivity index (χ2v) is 9.42. The first-order chi connectivity index (χ1) is 14.9. The fourth-order valence-electron chi connectivity index (χ4n) is 3.39. The Balaban J connectivity index is 1.71. The van der Waals surface area contributed by atoms with Gasteiger partial charge in [-0.25, -0.2) is 8.42 Å². The molecule has 4 aromatic rings. The number of anilines is 1. The molecule has 0 unspecified atom stereocenters. The van der Waals surface area contributed by atoms with E-state index in [-0.39, 0.29) is 4.90 Å². The first kappa shape index (κ1) is 20.9. The molecule has 0 aliphatic carbocycles. The average Bonchev–Trinajstić information content (AvgIpc) is 3.20. The van der Waals surface area contributed by atoms with Gasteiger partial charge in [0.1, 0.15) is 10.6 Å². The molecule has 0 saturated carbocycles. The summed E-state index contributed by atoms with van der Waals surface area (Å²) in [6.07, 6.45) is 1.60. The van der Waals surface area contributed by atoms with Gasteiger partial charge >= 0.3 is 0 Å². The van der Waals surface area contributed by atoms with Crippen molar-refractivity contribution in [3.05, 3.63) is 102 Å². The van der Waals surface area contributed by atoms with E-state index < -0.39 is 10.0 Å². The first-order valence-electron chi connectivity index (χ1n) is 10.2. The smallest absolute Gasteiger partial charge is 0.265 e. The summed E-state index contributed by atoms with van der Waals surface area (Å²) < 4.78 is 31.0. The van der Waals surface area contributed by atoms with E-state index in [2.05, 4.69) is 23.7 Å². The summed E-state index contributed by atoms with van der Waals surface area (Å²) in [4.78, 5) is 0.155. The van der Waals surface area contributed by atoms with Gasteiger partial charge in [0, 0.05) is 17.4 Å². The zero-order valence-electron chi connectivity index (χ0n) is 17.6. The third kappa shape index (κ3) is 4.86. The number of aromatic nitrogens is 2. The SMILES string of the molecule is CC(C)c1ccc(NS(=O)(=O)c2cn(Cc3ccccc3)nc2-c2ccccc2)cc1. The van der Waals surface area contributed by atoms with Gasteiger partial charge in [0.15, 0.2) is 0 Å². The summed E-state index contributed by atoms with van der Waals surface area (Å²) in [6, 6.07) is 26.7. The Bertz CT molecular complexity index is 1250. The molecule has 0 spiro atoms. The molecule has 0 fully saturated rings. The Morgan fingerprint density at radius 2 is 1.48 bits per heavy atom. The van der Waals surface area contributed by atoms with E-state index in [4.69, 9.17) is 0 Å². The molecule has 4 rings (SSSR count). The molecule has 1 N–H and O–H groups in total. The largest absolute Gasteiger partial charge is 0.280 e. The minimum atomic E-state index is -3.83. The number of hydrogen-bond donors (Lipinski definition) is 1. The van der Waals surface area contributed by atoms with E-state index in [0.29, 0.717) is 23.8 Å². The van der Waals surface area contributed by atoms with E-state index in [0.717, 1.165) is 16.7 Å². The maximum absolute atomic E-state index is 13.3. The Morgan fingerprint density at radius 3 is 2.10 bits per heavy atom. The lowest BCUT2D eigenvalue weighted by Crippen LogP contribution is -2.13. The van der Waals surface area contributed by atoms with Crippen LogP contribution in [0.4, 0.5) is 5.69 Å². The molecule has 1 heterocycles. The van der Waals surface area contributed by atoms with Crippen molar-refractivity contribution in [3.63, 3.8) is 0 Å². The number of rotatable bonds is 7. The van der Waals surface area contributed by atoms with Crippen molar-refractivity contribution in [3.8, 4) is 11.3 Å². The summed E-state index contributed by atoms with van der Waals surface area (Å²) in [6.45, 7) is 4.69. The highest BCUT2D eigenvalue weighted by molar-refractivity contribution is 7.92. The van der Waals surface area contributed by atoms with Crippen LogP contribution in [0, 0.1) is 0 Å². The monoisotopic (exact) mass is 431 g/mol. The van der Waals surface area contributed by atoms with Gasteiger partial charge in [0.2, 0.25) is 0 Å². The van der Waals surface area contributed by atoms with E-state index in [1.807, 2.05) is 72.8 Å². The summed E-state index contributed by atoms with van der Waals surface area (Å²) >= 11 is 0. The molecule has 6 heteroatoms. The third-order valence-corrected chi connectivity index (χ3v) is 6.46. The maximum atomic E-state index is 13.3. The van der Waals surface area contributed by atoms with Gasteiger partial charge in [-0.1, -0.05) is 86.6 Å². The molecule has 0 amide bonds. The predicted molar refractivity (Wildman–Crippen MR) is 125 cm³/mol. The lowest BCUT2D eigenvalue weighted by atomic mass is 10.0. The fourth-order valence-corrected chi connectivity index (χ4v) is 4.62. The Kier molecular flexibility index (Phi) is 5.91. The molecule has 0 saturated heterocycles. The van der Waals surface area contributed by atoms with Gasteiger partial charge in [-0.2, -0.15) is 5.10 Å². The lowest BCUT2D eigenvalue weighted by molar-refractivity contribution is 0.601. The number of nitrogens with one attached hydrogen (secondary N) is 1. The second-order valence-electron chi connectivity index (χ2n) is 7.77. The third-order valence-electron chi connectivity index (χ3n) is 5.08. The number of sulfonamides is 1. The van der Waals surface area contributed by atoms with Gasteiger partial charge in [0.05, 0.1) is 6.54 Å². The molecular weight excluding hydrogens is 406 g/mol. The van der Waals surface area contributed by atoms with Crippen LogP contribution in [0.3, 0.4) is 0 Å². The zero-order chi connectivity index (χ0) is 21.8. The number of hydrogen-bond acceptors (Lipinski definition) is 3. The first-order valence-corrected chi connectivity index (χ1v) is 11.7. The van der Waals surface area contributed by atoms with Crippen LogP contribution in [0.25, 0.3) is 11.3 Å². The van der Waals surface area contributed by atoms with Crippen molar-refractivity contribution >= 4 is 15.7 Å². The number of benzene rings is 3. The molecule has 0 atom stereocenters. The molecule has 0 aliphatic rings. The second kappa shape index (κ2) is 8.78. The van der Waals surface area contributed by atoms with E-state index in [9.17, 15) is 8.42 Å². The van der Waals surface area contributed by atoms with Crippen LogP contribution in [0.5, 0.6) is 0 Å². The number of nitrogens with zero attached hydrogens (tertiary/aromatic N) is 2. The fraction of sp³-hybridized carbons (Fsp3) is 0.160. The predicted octanol–water partition coefficient (Wildman–Crippen LogP) is 5.52. The molecule has 5 nitrogen and oxygen atoms in total. The van der Waals surface area contributed by atoms with Crippen molar-refractivity contribution in [2.24, 2.45) is 0 Å². The van der Waals surface area contributed by atoms with Crippen molar-refractivity contribution in [2.45, 2.75) is 31.2 Å². The highest BCUT2D eigenvalue weighted by Gasteiger charge is 2.24. The Hall–Kier alpha value is -3.38. The van der Waals surface area contributed by atoms with Crippen LogP contribution >= 0.6 is 0 Å². The lowest BCUT2D eigenvalue weighted by Gasteiger charge is -2.10. The van der Waals surface area contributed by atoms with Gasteiger partial charge in [-0.3, -0.25) is 9.40 Å². The molecule has 31 heavy (non-hydrogen) atoms. The summed E-state index contributed by atoms with van der Waals surface area (Å²) in [5, 5.41) is 4.62.